The third kappa shape index (κ3) is 21.1. The number of hydrogen-bond acceptors (Lipinski definition) is 8. The number of aliphatic carboxylic acids is 4. The van der Waals surface area contributed by atoms with E-state index in [1.165, 1.54) is 0 Å². The van der Waals surface area contributed by atoms with E-state index in [0.717, 1.165) is 0 Å². The SMILES string of the molecule is CCC(C)(C)C(=O)[O-].CCC(C)(C)C(=O)[O-].CCC(C)(C)C(=O)[O-].CCC(C)(C)C(=O)[O-].[Zr+4]. The predicted molar refractivity (Wildman–Crippen MR) is 116 cm³/mol. The van der Waals surface area contributed by atoms with E-state index in [-0.39, 0.29) is 26.2 Å². The topological polar surface area (TPSA) is 161 Å². The summed E-state index contributed by atoms with van der Waals surface area (Å²) in [7, 11) is 0. The Balaban J connectivity index is -0.000000105. The molecule has 33 heavy (non-hydrogen) atoms. The molecule has 0 saturated carbocycles. The van der Waals surface area contributed by atoms with Gasteiger partial charge in [0, 0.05) is 45.5 Å². The van der Waals surface area contributed by atoms with Crippen LogP contribution in [-0.2, 0) is 45.4 Å². The largest absolute Gasteiger partial charge is 4.00 e. The van der Waals surface area contributed by atoms with Crippen molar-refractivity contribution in [3.63, 3.8) is 0 Å². The van der Waals surface area contributed by atoms with Crippen LogP contribution in [0, 0.1) is 21.7 Å². The van der Waals surface area contributed by atoms with Crippen LogP contribution in [0.3, 0.4) is 0 Å². The van der Waals surface area contributed by atoms with Gasteiger partial charge in [0.05, 0.1) is 0 Å². The summed E-state index contributed by atoms with van der Waals surface area (Å²) in [5, 5.41) is 40.6. The average molecular weight is 552 g/mol. The second-order valence-corrected chi connectivity index (χ2v) is 10.1. The van der Waals surface area contributed by atoms with Gasteiger partial charge in [0.1, 0.15) is 0 Å². The van der Waals surface area contributed by atoms with Crippen LogP contribution in [0.4, 0.5) is 0 Å². The third-order valence-corrected chi connectivity index (χ3v) is 5.75. The van der Waals surface area contributed by atoms with Gasteiger partial charge in [-0.1, -0.05) is 83.1 Å². The minimum absolute atomic E-state index is 0. The van der Waals surface area contributed by atoms with E-state index in [0.29, 0.717) is 25.7 Å². The van der Waals surface area contributed by atoms with Crippen molar-refractivity contribution in [3.8, 4) is 0 Å². The van der Waals surface area contributed by atoms with Gasteiger partial charge >= 0.3 is 26.2 Å². The fourth-order valence-corrected chi connectivity index (χ4v) is 0.577. The van der Waals surface area contributed by atoms with Crippen molar-refractivity contribution in [1.29, 1.82) is 0 Å². The molecule has 0 aromatic heterocycles. The van der Waals surface area contributed by atoms with Crippen molar-refractivity contribution in [2.45, 2.75) is 109 Å². The molecule has 0 saturated heterocycles. The van der Waals surface area contributed by atoms with E-state index >= 15 is 0 Å². The monoisotopic (exact) mass is 550 g/mol. The van der Waals surface area contributed by atoms with E-state index in [2.05, 4.69) is 0 Å². The molecule has 0 aromatic rings. The summed E-state index contributed by atoms with van der Waals surface area (Å²) in [4.78, 5) is 40.6. The first-order valence-corrected chi connectivity index (χ1v) is 10.9. The van der Waals surface area contributed by atoms with Gasteiger partial charge in [0.2, 0.25) is 0 Å². The van der Waals surface area contributed by atoms with Crippen LogP contribution in [-0.4, -0.2) is 23.9 Å². The summed E-state index contributed by atoms with van der Waals surface area (Å²) in [6.45, 7) is 20.6. The maximum absolute atomic E-state index is 10.1. The summed E-state index contributed by atoms with van der Waals surface area (Å²) in [5.41, 5.74) is -2.61. The molecule has 0 rings (SSSR count). The van der Waals surface area contributed by atoms with Crippen molar-refractivity contribution >= 4 is 23.9 Å². The van der Waals surface area contributed by atoms with Gasteiger partial charge in [-0.15, -0.1) is 0 Å². The molecule has 0 radical (unpaired) electrons. The molecule has 0 aliphatic rings. The molecule has 0 amide bonds. The fraction of sp³-hybridized carbons (Fsp3) is 0.833. The zero-order chi connectivity index (χ0) is 27.1. The van der Waals surface area contributed by atoms with E-state index in [9.17, 15) is 39.6 Å². The summed E-state index contributed by atoms with van der Waals surface area (Å²) in [5.74, 6) is -3.89. The minimum Gasteiger partial charge on any atom is -0.550 e. The van der Waals surface area contributed by atoms with Crippen LogP contribution < -0.4 is 20.4 Å². The molecule has 0 bridgehead atoms. The van der Waals surface area contributed by atoms with Gasteiger partial charge in [-0.05, 0) is 25.7 Å². The summed E-state index contributed by atoms with van der Waals surface area (Å²) in [6, 6.07) is 0. The first-order chi connectivity index (χ1) is 14.0. The van der Waals surface area contributed by atoms with Crippen LogP contribution in [0.1, 0.15) is 109 Å². The molecule has 8 nitrogen and oxygen atoms in total. The predicted octanol–water partition coefficient (Wildman–Crippen LogP) is 0.688. The van der Waals surface area contributed by atoms with Gasteiger partial charge in [0.15, 0.2) is 0 Å². The Morgan fingerprint density at radius 3 is 0.515 bits per heavy atom. The molecule has 192 valence electrons. The van der Waals surface area contributed by atoms with Gasteiger partial charge in [-0.25, -0.2) is 0 Å². The maximum Gasteiger partial charge on any atom is 4.00 e. The first-order valence-electron chi connectivity index (χ1n) is 10.9. The van der Waals surface area contributed by atoms with Crippen LogP contribution in [0.5, 0.6) is 0 Å². The third-order valence-electron chi connectivity index (χ3n) is 5.75. The molecular weight excluding hydrogens is 507 g/mol. The quantitative estimate of drug-likeness (QED) is 0.426. The van der Waals surface area contributed by atoms with Crippen LogP contribution in [0.2, 0.25) is 0 Å². The normalized spacial score (nSPS) is 11.0. The molecular formula is C24H44O8Zr. The molecule has 0 atom stereocenters. The van der Waals surface area contributed by atoms with Crippen LogP contribution in [0.15, 0.2) is 0 Å². The number of rotatable bonds is 8. The molecule has 0 aliphatic carbocycles. The zero-order valence-electron chi connectivity index (χ0n) is 22.6. The summed E-state index contributed by atoms with van der Waals surface area (Å²) >= 11 is 0. The Labute approximate surface area is 219 Å². The van der Waals surface area contributed by atoms with Gasteiger partial charge in [-0.3, -0.25) is 0 Å². The van der Waals surface area contributed by atoms with Crippen LogP contribution in [0.25, 0.3) is 0 Å². The van der Waals surface area contributed by atoms with Gasteiger partial charge in [-0.2, -0.15) is 0 Å². The zero-order valence-corrected chi connectivity index (χ0v) is 25.1. The van der Waals surface area contributed by atoms with E-state index in [1.54, 1.807) is 55.4 Å². The Morgan fingerprint density at radius 2 is 0.515 bits per heavy atom. The van der Waals surface area contributed by atoms with E-state index in [1.807, 2.05) is 27.7 Å². The smallest absolute Gasteiger partial charge is 0.550 e. The van der Waals surface area contributed by atoms with Crippen molar-refractivity contribution in [3.05, 3.63) is 0 Å². The second-order valence-electron chi connectivity index (χ2n) is 10.1. The van der Waals surface area contributed by atoms with Crippen molar-refractivity contribution in [2.24, 2.45) is 21.7 Å². The first kappa shape index (κ1) is 42.0. The molecule has 9 heteroatoms. The maximum atomic E-state index is 10.1. The fourth-order valence-electron chi connectivity index (χ4n) is 0.577. The Hall–Kier alpha value is -1.24. The number of carbonyl (C=O) groups is 4. The standard InChI is InChI=1S/4C6H12O2.Zr/c4*1-4-6(2,3)5(7)8;/h4*4H2,1-3H3,(H,7,8);/q;;;;+4/p-4. The molecule has 0 aliphatic heterocycles. The van der Waals surface area contributed by atoms with Gasteiger partial charge in [0.25, 0.3) is 0 Å². The van der Waals surface area contributed by atoms with E-state index < -0.39 is 45.5 Å². The van der Waals surface area contributed by atoms with E-state index in [4.69, 9.17) is 0 Å². The summed E-state index contributed by atoms with van der Waals surface area (Å²) < 4.78 is 0. The van der Waals surface area contributed by atoms with Crippen LogP contribution >= 0.6 is 0 Å². The summed E-state index contributed by atoms with van der Waals surface area (Å²) in [6.07, 6.45) is 2.48. The Morgan fingerprint density at radius 1 is 0.424 bits per heavy atom. The number of carboxylic acids is 4. The minimum atomic E-state index is -0.972. The number of carbonyl (C=O) groups excluding carboxylic acids is 4. The molecule has 0 heterocycles. The molecule has 0 fully saturated rings. The second kappa shape index (κ2) is 18.1. The molecule has 0 unspecified atom stereocenters. The van der Waals surface area contributed by atoms with Crippen molar-refractivity contribution in [2.75, 3.05) is 0 Å². The molecule has 0 spiro atoms. The molecule has 0 N–H and O–H groups in total. The van der Waals surface area contributed by atoms with Gasteiger partial charge < -0.3 is 39.6 Å². The van der Waals surface area contributed by atoms with Crippen molar-refractivity contribution < 1.29 is 65.8 Å². The molecule has 0 aromatic carbocycles. The van der Waals surface area contributed by atoms with Crippen molar-refractivity contribution in [1.82, 2.24) is 0 Å². The Kier molecular flexibility index (Phi) is 23.1. The number of hydrogen-bond donors (Lipinski definition) is 0. The number of carboxylic acid groups (broad SMARTS) is 4. The Bertz CT molecular complexity index is 489. The average Bonchev–Trinajstić information content (AvgIpc) is 2.68.